The number of rotatable bonds is 11. The van der Waals surface area contributed by atoms with Crippen LogP contribution >= 0.6 is 11.6 Å². The van der Waals surface area contributed by atoms with E-state index in [-0.39, 0.29) is 28.7 Å². The SMILES string of the molecule is CC[C@@H](C)NC(=O)[C@@H](C)N(Cc1ccccc1F)C(=O)CN(c1ccc(C)cc1)S(=O)(=O)c1ccc(Cl)cc1. The van der Waals surface area contributed by atoms with Gasteiger partial charge in [-0.3, -0.25) is 13.9 Å². The van der Waals surface area contributed by atoms with E-state index in [4.69, 9.17) is 11.6 Å². The average Bonchev–Trinajstić information content (AvgIpc) is 2.91. The Kier molecular flexibility index (Phi) is 10.1. The van der Waals surface area contributed by atoms with Gasteiger partial charge in [-0.15, -0.1) is 0 Å². The first-order valence-corrected chi connectivity index (χ1v) is 14.4. The van der Waals surface area contributed by atoms with E-state index in [0.717, 1.165) is 9.87 Å². The molecule has 7 nitrogen and oxygen atoms in total. The van der Waals surface area contributed by atoms with E-state index in [9.17, 15) is 22.4 Å². The first-order chi connectivity index (χ1) is 18.4. The predicted molar refractivity (Wildman–Crippen MR) is 151 cm³/mol. The number of carbonyl (C=O) groups excluding carboxylic acids is 2. The first kappa shape index (κ1) is 30.1. The maximum absolute atomic E-state index is 14.6. The van der Waals surface area contributed by atoms with Gasteiger partial charge in [0.05, 0.1) is 10.6 Å². The van der Waals surface area contributed by atoms with Crippen LogP contribution in [0, 0.1) is 12.7 Å². The van der Waals surface area contributed by atoms with Crippen LogP contribution in [0.15, 0.2) is 77.7 Å². The fourth-order valence-corrected chi connectivity index (χ4v) is 5.37. The molecule has 2 atom stereocenters. The smallest absolute Gasteiger partial charge is 0.264 e. The van der Waals surface area contributed by atoms with Gasteiger partial charge in [-0.2, -0.15) is 0 Å². The average molecular weight is 574 g/mol. The van der Waals surface area contributed by atoms with Crippen molar-refractivity contribution in [1.29, 1.82) is 0 Å². The van der Waals surface area contributed by atoms with Crippen LogP contribution in [0.4, 0.5) is 10.1 Å². The summed E-state index contributed by atoms with van der Waals surface area (Å²) in [6, 6.07) is 17.2. The maximum atomic E-state index is 14.6. The van der Waals surface area contributed by atoms with Gasteiger partial charge in [0.1, 0.15) is 18.4 Å². The minimum atomic E-state index is -4.21. The predicted octanol–water partition coefficient (Wildman–Crippen LogP) is 5.31. The molecule has 0 spiro atoms. The van der Waals surface area contributed by atoms with Gasteiger partial charge in [0.15, 0.2) is 0 Å². The summed E-state index contributed by atoms with van der Waals surface area (Å²) in [5, 5.41) is 3.21. The molecule has 10 heteroatoms. The Balaban J connectivity index is 2.03. The molecular weight excluding hydrogens is 541 g/mol. The van der Waals surface area contributed by atoms with E-state index in [0.29, 0.717) is 11.4 Å². The third-order valence-corrected chi connectivity index (χ3v) is 8.51. The van der Waals surface area contributed by atoms with E-state index >= 15 is 0 Å². The van der Waals surface area contributed by atoms with Gasteiger partial charge in [-0.1, -0.05) is 54.4 Å². The van der Waals surface area contributed by atoms with Crippen molar-refractivity contribution in [3.8, 4) is 0 Å². The molecular formula is C29H33ClFN3O4S. The van der Waals surface area contributed by atoms with E-state index < -0.39 is 40.2 Å². The Labute approximate surface area is 234 Å². The zero-order valence-electron chi connectivity index (χ0n) is 22.4. The van der Waals surface area contributed by atoms with Crippen molar-refractivity contribution in [3.63, 3.8) is 0 Å². The third kappa shape index (κ3) is 7.58. The zero-order chi connectivity index (χ0) is 28.7. The maximum Gasteiger partial charge on any atom is 0.264 e. The number of aryl methyl sites for hydroxylation is 1. The Morgan fingerprint density at radius 3 is 2.18 bits per heavy atom. The number of hydrogen-bond acceptors (Lipinski definition) is 4. The highest BCUT2D eigenvalue weighted by atomic mass is 35.5. The molecule has 0 radical (unpaired) electrons. The largest absolute Gasteiger partial charge is 0.352 e. The summed E-state index contributed by atoms with van der Waals surface area (Å²) in [5.41, 5.74) is 1.38. The molecule has 0 aliphatic heterocycles. The summed E-state index contributed by atoms with van der Waals surface area (Å²) in [4.78, 5) is 28.0. The Hall–Kier alpha value is -3.43. The molecule has 208 valence electrons. The molecule has 3 rings (SSSR count). The number of amides is 2. The van der Waals surface area contributed by atoms with Gasteiger partial charge in [-0.25, -0.2) is 12.8 Å². The molecule has 3 aromatic rings. The molecule has 0 fully saturated rings. The second-order valence-corrected chi connectivity index (χ2v) is 11.7. The van der Waals surface area contributed by atoms with Crippen molar-refractivity contribution >= 4 is 39.1 Å². The molecule has 3 aromatic carbocycles. The van der Waals surface area contributed by atoms with Gasteiger partial charge in [0.2, 0.25) is 11.8 Å². The molecule has 0 aromatic heterocycles. The molecule has 2 amide bonds. The molecule has 0 saturated heterocycles. The highest BCUT2D eigenvalue weighted by Gasteiger charge is 2.33. The normalized spacial score (nSPS) is 12.9. The lowest BCUT2D eigenvalue weighted by Gasteiger charge is -2.32. The number of hydrogen-bond donors (Lipinski definition) is 1. The number of nitrogens with zero attached hydrogens (tertiary/aromatic N) is 2. The Morgan fingerprint density at radius 2 is 1.59 bits per heavy atom. The van der Waals surface area contributed by atoms with Gasteiger partial charge in [0.25, 0.3) is 10.0 Å². The molecule has 0 heterocycles. The number of carbonyl (C=O) groups is 2. The summed E-state index contributed by atoms with van der Waals surface area (Å²) in [7, 11) is -4.21. The van der Waals surface area contributed by atoms with Crippen LogP contribution in [0.2, 0.25) is 5.02 Å². The number of benzene rings is 3. The van der Waals surface area contributed by atoms with Crippen LogP contribution in [0.1, 0.15) is 38.3 Å². The highest BCUT2D eigenvalue weighted by Crippen LogP contribution is 2.26. The fourth-order valence-electron chi connectivity index (χ4n) is 3.83. The minimum absolute atomic E-state index is 0.0523. The number of halogens is 2. The summed E-state index contributed by atoms with van der Waals surface area (Å²) in [6.45, 7) is 6.33. The fraction of sp³-hybridized carbons (Fsp3) is 0.310. The summed E-state index contributed by atoms with van der Waals surface area (Å²) in [5.74, 6) is -1.62. The highest BCUT2D eigenvalue weighted by molar-refractivity contribution is 7.92. The van der Waals surface area contributed by atoms with Crippen LogP contribution in [-0.4, -0.2) is 43.8 Å². The Morgan fingerprint density at radius 1 is 0.974 bits per heavy atom. The van der Waals surface area contributed by atoms with E-state index in [1.54, 1.807) is 37.3 Å². The first-order valence-electron chi connectivity index (χ1n) is 12.6. The van der Waals surface area contributed by atoms with Crippen LogP contribution in [0.5, 0.6) is 0 Å². The third-order valence-electron chi connectivity index (χ3n) is 6.47. The second-order valence-electron chi connectivity index (χ2n) is 9.41. The monoisotopic (exact) mass is 573 g/mol. The summed E-state index contributed by atoms with van der Waals surface area (Å²) in [6.07, 6.45) is 0.681. The van der Waals surface area contributed by atoms with E-state index in [2.05, 4.69) is 5.32 Å². The van der Waals surface area contributed by atoms with Crippen molar-refractivity contribution in [2.24, 2.45) is 0 Å². The number of sulfonamides is 1. The van der Waals surface area contributed by atoms with E-state index in [1.165, 1.54) is 47.4 Å². The lowest BCUT2D eigenvalue weighted by Crippen LogP contribution is -2.52. The number of anilines is 1. The topological polar surface area (TPSA) is 86.8 Å². The molecule has 0 unspecified atom stereocenters. The van der Waals surface area contributed by atoms with Crippen molar-refractivity contribution < 1.29 is 22.4 Å². The van der Waals surface area contributed by atoms with Crippen LogP contribution in [-0.2, 0) is 26.2 Å². The quantitative estimate of drug-likeness (QED) is 0.337. The molecule has 0 bridgehead atoms. The molecule has 1 N–H and O–H groups in total. The van der Waals surface area contributed by atoms with Gasteiger partial charge < -0.3 is 10.2 Å². The second kappa shape index (κ2) is 13.1. The number of nitrogens with one attached hydrogen (secondary N) is 1. The van der Waals surface area contributed by atoms with Crippen molar-refractivity contribution in [2.45, 2.75) is 57.6 Å². The lowest BCUT2D eigenvalue weighted by atomic mass is 10.1. The minimum Gasteiger partial charge on any atom is -0.352 e. The van der Waals surface area contributed by atoms with Gasteiger partial charge in [-0.05, 0) is 69.7 Å². The lowest BCUT2D eigenvalue weighted by molar-refractivity contribution is -0.139. The van der Waals surface area contributed by atoms with E-state index in [1.807, 2.05) is 20.8 Å². The van der Waals surface area contributed by atoms with Gasteiger partial charge in [0, 0.05) is 23.2 Å². The van der Waals surface area contributed by atoms with Crippen molar-refractivity contribution in [1.82, 2.24) is 10.2 Å². The van der Waals surface area contributed by atoms with Crippen LogP contribution < -0.4 is 9.62 Å². The van der Waals surface area contributed by atoms with Crippen molar-refractivity contribution in [2.75, 3.05) is 10.8 Å². The molecule has 0 aliphatic carbocycles. The molecule has 39 heavy (non-hydrogen) atoms. The van der Waals surface area contributed by atoms with Crippen LogP contribution in [0.25, 0.3) is 0 Å². The molecule has 0 saturated carbocycles. The van der Waals surface area contributed by atoms with Gasteiger partial charge >= 0.3 is 0 Å². The van der Waals surface area contributed by atoms with Crippen LogP contribution in [0.3, 0.4) is 0 Å². The summed E-state index contributed by atoms with van der Waals surface area (Å²) >= 11 is 5.96. The Bertz CT molecular complexity index is 1400. The van der Waals surface area contributed by atoms with Crippen molar-refractivity contribution in [3.05, 3.63) is 94.8 Å². The molecule has 0 aliphatic rings. The zero-order valence-corrected chi connectivity index (χ0v) is 24.0. The standard InChI is InChI=1S/C29H33ClFN3O4S/c1-5-21(3)32-29(36)22(4)33(18-23-8-6-7-9-27(23)31)28(35)19-34(25-14-10-20(2)11-15-25)39(37,38)26-16-12-24(30)13-17-26/h6-17,21-22H,5,18-19H2,1-4H3,(H,32,36)/t21-,22-/m1/s1. The summed E-state index contributed by atoms with van der Waals surface area (Å²) < 4.78 is 43.1.